The van der Waals surface area contributed by atoms with Gasteiger partial charge in [-0.2, -0.15) is 0 Å². The molecule has 78 valence electrons. The molecule has 3 rings (SSSR count). The average molecular weight is 273 g/mol. The van der Waals surface area contributed by atoms with Crippen molar-refractivity contribution in [3.8, 4) is 5.75 Å². The largest absolute Gasteiger partial charge is 0.508 e. The zero-order valence-electron chi connectivity index (χ0n) is 8.44. The van der Waals surface area contributed by atoms with Gasteiger partial charge < -0.3 is 5.11 Å². The van der Waals surface area contributed by atoms with Gasteiger partial charge >= 0.3 is 0 Å². The van der Waals surface area contributed by atoms with E-state index in [9.17, 15) is 5.11 Å². The summed E-state index contributed by atoms with van der Waals surface area (Å²) in [4.78, 5) is 0. The highest BCUT2D eigenvalue weighted by molar-refractivity contribution is 9.10. The third-order valence-electron chi connectivity index (χ3n) is 2.75. The molecule has 0 unspecified atom stereocenters. The molecule has 3 aromatic carbocycles. The summed E-state index contributed by atoms with van der Waals surface area (Å²) in [5.41, 5.74) is 0. The molecule has 2 heteroatoms. The van der Waals surface area contributed by atoms with Crippen LogP contribution in [0.2, 0.25) is 0 Å². The maximum atomic E-state index is 9.55. The Hall–Kier alpha value is -1.54. The molecule has 1 N–H and O–H groups in total. The number of rotatable bonds is 0. The minimum atomic E-state index is 0.287. The molecule has 0 amide bonds. The molecule has 0 radical (unpaired) electrons. The van der Waals surface area contributed by atoms with Crippen molar-refractivity contribution < 1.29 is 5.11 Å². The average Bonchev–Trinajstić information content (AvgIpc) is 2.27. The van der Waals surface area contributed by atoms with E-state index in [1.807, 2.05) is 12.1 Å². The Labute approximate surface area is 101 Å². The van der Waals surface area contributed by atoms with Gasteiger partial charge in [0.25, 0.3) is 0 Å². The first-order valence-electron chi connectivity index (χ1n) is 5.05. The molecular formula is C14H9BrO. The second-order valence-corrected chi connectivity index (χ2v) is 4.70. The van der Waals surface area contributed by atoms with Gasteiger partial charge in [-0.1, -0.05) is 40.2 Å². The Morgan fingerprint density at radius 2 is 1.50 bits per heavy atom. The summed E-state index contributed by atoms with van der Waals surface area (Å²) in [5, 5.41) is 14.1. The van der Waals surface area contributed by atoms with E-state index < -0.39 is 0 Å². The van der Waals surface area contributed by atoms with E-state index in [1.165, 1.54) is 10.8 Å². The van der Waals surface area contributed by atoms with Crippen LogP contribution in [-0.2, 0) is 0 Å². The van der Waals surface area contributed by atoms with Crippen molar-refractivity contribution in [2.24, 2.45) is 0 Å². The second-order valence-electron chi connectivity index (χ2n) is 3.85. The number of hydrogen-bond donors (Lipinski definition) is 1. The van der Waals surface area contributed by atoms with E-state index in [1.54, 1.807) is 12.1 Å². The lowest BCUT2D eigenvalue weighted by atomic mass is 10.0. The Morgan fingerprint density at radius 3 is 2.25 bits per heavy atom. The van der Waals surface area contributed by atoms with Crippen molar-refractivity contribution in [1.82, 2.24) is 0 Å². The SMILES string of the molecule is Oc1cc(Br)c2cc3ccccc3cc2c1. The molecule has 16 heavy (non-hydrogen) atoms. The Morgan fingerprint density at radius 1 is 0.812 bits per heavy atom. The topological polar surface area (TPSA) is 20.2 Å². The molecule has 0 atom stereocenters. The summed E-state index contributed by atoms with van der Waals surface area (Å²) >= 11 is 3.47. The van der Waals surface area contributed by atoms with Crippen LogP contribution in [-0.4, -0.2) is 5.11 Å². The van der Waals surface area contributed by atoms with Crippen LogP contribution in [0.1, 0.15) is 0 Å². The van der Waals surface area contributed by atoms with E-state index >= 15 is 0 Å². The van der Waals surface area contributed by atoms with Gasteiger partial charge in [0.15, 0.2) is 0 Å². The van der Waals surface area contributed by atoms with Gasteiger partial charge in [0.1, 0.15) is 5.75 Å². The van der Waals surface area contributed by atoms with Crippen molar-refractivity contribution in [3.63, 3.8) is 0 Å². The Balaban J connectivity index is 2.51. The molecule has 0 bridgehead atoms. The van der Waals surface area contributed by atoms with Gasteiger partial charge in [-0.15, -0.1) is 0 Å². The molecule has 0 saturated heterocycles. The van der Waals surface area contributed by atoms with Gasteiger partial charge in [0, 0.05) is 4.47 Å². The summed E-state index contributed by atoms with van der Waals surface area (Å²) in [6.07, 6.45) is 0. The fraction of sp³-hybridized carbons (Fsp3) is 0. The molecule has 0 aromatic heterocycles. The van der Waals surface area contributed by atoms with Crippen LogP contribution >= 0.6 is 15.9 Å². The number of aromatic hydroxyl groups is 1. The number of phenolic OH excluding ortho intramolecular Hbond substituents is 1. The number of hydrogen-bond acceptors (Lipinski definition) is 1. The van der Waals surface area contributed by atoms with Gasteiger partial charge in [0.05, 0.1) is 0 Å². The van der Waals surface area contributed by atoms with Crippen molar-refractivity contribution in [1.29, 1.82) is 0 Å². The van der Waals surface area contributed by atoms with Gasteiger partial charge in [0.2, 0.25) is 0 Å². The minimum absolute atomic E-state index is 0.287. The molecule has 3 aromatic rings. The first-order chi connectivity index (χ1) is 7.74. The summed E-state index contributed by atoms with van der Waals surface area (Å²) in [6, 6.07) is 15.9. The van der Waals surface area contributed by atoms with Crippen molar-refractivity contribution >= 4 is 37.5 Å². The maximum Gasteiger partial charge on any atom is 0.117 e. The monoisotopic (exact) mass is 272 g/mol. The van der Waals surface area contributed by atoms with Crippen molar-refractivity contribution in [3.05, 3.63) is 53.0 Å². The van der Waals surface area contributed by atoms with Gasteiger partial charge in [-0.3, -0.25) is 0 Å². The molecule has 0 aliphatic rings. The number of phenols is 1. The number of benzene rings is 3. The van der Waals surface area contributed by atoms with E-state index in [0.717, 1.165) is 15.2 Å². The van der Waals surface area contributed by atoms with Gasteiger partial charge in [-0.05, 0) is 45.8 Å². The molecule has 0 aliphatic heterocycles. The summed E-state index contributed by atoms with van der Waals surface area (Å²) in [5.74, 6) is 0.287. The highest BCUT2D eigenvalue weighted by Crippen LogP contribution is 2.31. The van der Waals surface area contributed by atoms with E-state index in [2.05, 4.69) is 40.2 Å². The van der Waals surface area contributed by atoms with Crippen molar-refractivity contribution in [2.75, 3.05) is 0 Å². The third kappa shape index (κ3) is 1.46. The fourth-order valence-electron chi connectivity index (χ4n) is 1.99. The van der Waals surface area contributed by atoms with E-state index in [4.69, 9.17) is 0 Å². The van der Waals surface area contributed by atoms with Crippen LogP contribution in [0.3, 0.4) is 0 Å². The second kappa shape index (κ2) is 3.49. The van der Waals surface area contributed by atoms with Crippen LogP contribution < -0.4 is 0 Å². The zero-order chi connectivity index (χ0) is 11.1. The predicted octanol–water partition coefficient (Wildman–Crippen LogP) is 4.46. The van der Waals surface area contributed by atoms with Gasteiger partial charge in [-0.25, -0.2) is 0 Å². The Kier molecular flexibility index (Phi) is 2.11. The lowest BCUT2D eigenvalue weighted by molar-refractivity contribution is 0.476. The molecular weight excluding hydrogens is 264 g/mol. The highest BCUT2D eigenvalue weighted by atomic mass is 79.9. The van der Waals surface area contributed by atoms with Crippen molar-refractivity contribution in [2.45, 2.75) is 0 Å². The smallest absolute Gasteiger partial charge is 0.117 e. The standard InChI is InChI=1S/C14H9BrO/c15-14-8-12(16)6-11-5-9-3-1-2-4-10(9)7-13(11)14/h1-8,16H. The molecule has 0 fully saturated rings. The highest BCUT2D eigenvalue weighted by Gasteiger charge is 2.03. The normalized spacial score (nSPS) is 11.1. The molecule has 0 aliphatic carbocycles. The zero-order valence-corrected chi connectivity index (χ0v) is 10.0. The van der Waals surface area contributed by atoms with Crippen LogP contribution in [0.4, 0.5) is 0 Å². The maximum absolute atomic E-state index is 9.55. The molecule has 0 saturated carbocycles. The predicted molar refractivity (Wildman–Crippen MR) is 70.8 cm³/mol. The molecule has 1 nitrogen and oxygen atoms in total. The van der Waals surface area contributed by atoms with E-state index in [0.29, 0.717) is 0 Å². The lowest BCUT2D eigenvalue weighted by Gasteiger charge is -2.05. The van der Waals surface area contributed by atoms with Crippen LogP contribution in [0.25, 0.3) is 21.5 Å². The number of halogens is 1. The Bertz CT molecular complexity index is 689. The third-order valence-corrected chi connectivity index (χ3v) is 3.41. The lowest BCUT2D eigenvalue weighted by Crippen LogP contribution is -1.78. The summed E-state index contributed by atoms with van der Waals surface area (Å²) in [6.45, 7) is 0. The van der Waals surface area contributed by atoms with Crippen LogP contribution in [0.5, 0.6) is 5.75 Å². The summed E-state index contributed by atoms with van der Waals surface area (Å²) < 4.78 is 0.924. The minimum Gasteiger partial charge on any atom is -0.508 e. The van der Waals surface area contributed by atoms with E-state index in [-0.39, 0.29) is 5.75 Å². The fourth-order valence-corrected chi connectivity index (χ4v) is 2.57. The molecule has 0 heterocycles. The first-order valence-corrected chi connectivity index (χ1v) is 5.84. The number of fused-ring (bicyclic) bond motifs is 2. The summed E-state index contributed by atoms with van der Waals surface area (Å²) in [7, 11) is 0. The molecule has 0 spiro atoms. The van der Waals surface area contributed by atoms with Crippen LogP contribution in [0.15, 0.2) is 53.0 Å². The van der Waals surface area contributed by atoms with Crippen LogP contribution in [0, 0.1) is 0 Å². The quantitative estimate of drug-likeness (QED) is 0.599. The first kappa shape index (κ1) is 9.67.